The Balaban J connectivity index is 1.59. The van der Waals surface area contributed by atoms with E-state index < -0.39 is 0 Å². The minimum Gasteiger partial charge on any atom is -0.309 e. The third kappa shape index (κ3) is 5.26. The van der Waals surface area contributed by atoms with Crippen LogP contribution in [0, 0.1) is 13.8 Å². The molecule has 0 aromatic carbocycles. The molecule has 3 aromatic rings. The minimum absolute atomic E-state index is 0.0914. The summed E-state index contributed by atoms with van der Waals surface area (Å²) in [5.41, 5.74) is 2.48. The number of likely N-dealkylation sites (tertiary alicyclic amines) is 1. The highest BCUT2D eigenvalue weighted by Gasteiger charge is 2.30. The zero-order valence-electron chi connectivity index (χ0n) is 20.0. The second-order valence-corrected chi connectivity index (χ2v) is 8.92. The number of likely N-dealkylation sites (N-methyl/N-ethyl adjacent to an activating group) is 1. The second-order valence-electron chi connectivity index (χ2n) is 8.92. The molecule has 1 saturated heterocycles. The van der Waals surface area contributed by atoms with Gasteiger partial charge in [0.2, 0.25) is 5.91 Å². The molecular weight excluding hydrogens is 416 g/mol. The number of anilines is 1. The minimum atomic E-state index is -0.0914. The highest BCUT2D eigenvalue weighted by Crippen LogP contribution is 2.22. The van der Waals surface area contributed by atoms with Crippen LogP contribution in [0.5, 0.6) is 0 Å². The van der Waals surface area contributed by atoms with Crippen molar-refractivity contribution >= 4 is 11.7 Å². The maximum atomic E-state index is 13.0. The summed E-state index contributed by atoms with van der Waals surface area (Å²) in [6.07, 6.45) is 3.93. The fourth-order valence-electron chi connectivity index (χ4n) is 4.55. The van der Waals surface area contributed by atoms with E-state index in [9.17, 15) is 4.79 Å². The van der Waals surface area contributed by atoms with E-state index in [0.29, 0.717) is 41.8 Å². The fraction of sp³-hybridized carbons (Fsp3) is 0.458. The van der Waals surface area contributed by atoms with Gasteiger partial charge in [-0.05, 0) is 72.5 Å². The molecule has 33 heavy (non-hydrogen) atoms. The molecule has 0 spiro atoms. The summed E-state index contributed by atoms with van der Waals surface area (Å²) >= 11 is 0. The van der Waals surface area contributed by atoms with Gasteiger partial charge in [-0.15, -0.1) is 0 Å². The van der Waals surface area contributed by atoms with Crippen molar-refractivity contribution in [1.29, 1.82) is 0 Å². The van der Waals surface area contributed by atoms with Crippen LogP contribution >= 0.6 is 0 Å². The molecule has 4 rings (SSSR count). The van der Waals surface area contributed by atoms with Crippen LogP contribution in [-0.4, -0.2) is 79.7 Å². The van der Waals surface area contributed by atoms with Gasteiger partial charge in [-0.2, -0.15) is 5.10 Å². The topological polar surface area (TPSA) is 92.1 Å². The Morgan fingerprint density at radius 3 is 2.70 bits per heavy atom. The van der Waals surface area contributed by atoms with Crippen LogP contribution in [0.4, 0.5) is 5.82 Å². The number of piperidine rings is 1. The summed E-state index contributed by atoms with van der Waals surface area (Å²) < 4.78 is 1.76. The van der Waals surface area contributed by atoms with Gasteiger partial charge < -0.3 is 10.2 Å². The maximum absolute atomic E-state index is 13.0. The van der Waals surface area contributed by atoms with E-state index in [2.05, 4.69) is 56.2 Å². The Labute approximate surface area is 194 Å². The van der Waals surface area contributed by atoms with Crippen LogP contribution in [0.1, 0.15) is 31.2 Å². The molecule has 0 radical (unpaired) electrons. The largest absolute Gasteiger partial charge is 0.309 e. The number of aromatic nitrogens is 5. The Morgan fingerprint density at radius 1 is 1.21 bits per heavy atom. The van der Waals surface area contributed by atoms with Gasteiger partial charge >= 0.3 is 0 Å². The molecular formula is C24H32N8O. The molecule has 1 N–H and O–H groups in total. The molecule has 1 aliphatic rings. The van der Waals surface area contributed by atoms with Crippen LogP contribution in [0.25, 0.3) is 17.3 Å². The lowest BCUT2D eigenvalue weighted by molar-refractivity contribution is -0.118. The lowest BCUT2D eigenvalue weighted by Crippen LogP contribution is -2.53. The predicted octanol–water partition coefficient (Wildman–Crippen LogP) is 2.69. The zero-order valence-corrected chi connectivity index (χ0v) is 20.0. The summed E-state index contributed by atoms with van der Waals surface area (Å²) in [5, 5.41) is 7.53. The highest BCUT2D eigenvalue weighted by atomic mass is 16.2. The number of hydrogen-bond acceptors (Lipinski definition) is 7. The predicted molar refractivity (Wildman–Crippen MR) is 128 cm³/mol. The SMILES string of the molecule is Cc1cc(C)n(-c2cc(NC(=O)CN3CCCC(N(C)C)C3C)nc(-c3ccccn3)n2)n1. The molecule has 0 aliphatic carbocycles. The van der Waals surface area contributed by atoms with Gasteiger partial charge in [-0.3, -0.25) is 14.7 Å². The highest BCUT2D eigenvalue weighted by molar-refractivity contribution is 5.91. The lowest BCUT2D eigenvalue weighted by Gasteiger charge is -2.42. The van der Waals surface area contributed by atoms with Crippen LogP contribution in [0.15, 0.2) is 36.5 Å². The average molecular weight is 449 g/mol. The number of rotatable bonds is 6. The van der Waals surface area contributed by atoms with E-state index in [1.54, 1.807) is 16.9 Å². The van der Waals surface area contributed by atoms with E-state index in [1.807, 2.05) is 38.1 Å². The number of hydrogen-bond donors (Lipinski definition) is 1. The number of pyridine rings is 1. The van der Waals surface area contributed by atoms with Crippen molar-refractivity contribution in [2.24, 2.45) is 0 Å². The molecule has 2 unspecified atom stereocenters. The monoisotopic (exact) mass is 448 g/mol. The summed E-state index contributed by atoms with van der Waals surface area (Å²) in [5.74, 6) is 1.37. The molecule has 1 fully saturated rings. The molecule has 1 aliphatic heterocycles. The van der Waals surface area contributed by atoms with Crippen LogP contribution < -0.4 is 5.32 Å². The van der Waals surface area contributed by atoms with Crippen molar-refractivity contribution in [2.75, 3.05) is 32.5 Å². The molecule has 9 nitrogen and oxygen atoms in total. The van der Waals surface area contributed by atoms with E-state index in [0.717, 1.165) is 30.8 Å². The van der Waals surface area contributed by atoms with Gasteiger partial charge in [0.1, 0.15) is 11.5 Å². The lowest BCUT2D eigenvalue weighted by atomic mass is 9.96. The summed E-state index contributed by atoms with van der Waals surface area (Å²) in [6, 6.07) is 10.1. The zero-order chi connectivity index (χ0) is 23.5. The van der Waals surface area contributed by atoms with Crippen molar-refractivity contribution in [3.05, 3.63) is 47.9 Å². The van der Waals surface area contributed by atoms with Crippen molar-refractivity contribution in [1.82, 2.24) is 34.5 Å². The third-order valence-corrected chi connectivity index (χ3v) is 6.19. The quantitative estimate of drug-likeness (QED) is 0.620. The Bertz CT molecular complexity index is 1110. The second kappa shape index (κ2) is 9.76. The first-order chi connectivity index (χ1) is 15.8. The standard InChI is InChI=1S/C24H32N8O/c1-16-13-17(2)32(29-16)22-14-21(27-24(28-22)19-9-6-7-11-25-19)26-23(33)15-31-12-8-10-20(18(31)3)30(4)5/h6-7,9,11,13-14,18,20H,8,10,12,15H2,1-5H3,(H,26,27,28,33). The van der Waals surface area contributed by atoms with Crippen LogP contribution in [0.3, 0.4) is 0 Å². The van der Waals surface area contributed by atoms with Gasteiger partial charge in [-0.25, -0.2) is 14.6 Å². The first-order valence-corrected chi connectivity index (χ1v) is 11.4. The summed E-state index contributed by atoms with van der Waals surface area (Å²) in [7, 11) is 4.20. The fourth-order valence-corrected chi connectivity index (χ4v) is 4.55. The normalized spacial score (nSPS) is 19.1. The van der Waals surface area contributed by atoms with Crippen molar-refractivity contribution < 1.29 is 4.79 Å². The number of carbonyl (C=O) groups is 1. The molecule has 3 aromatic heterocycles. The van der Waals surface area contributed by atoms with Crippen molar-refractivity contribution in [3.8, 4) is 17.3 Å². The van der Waals surface area contributed by atoms with E-state index in [-0.39, 0.29) is 5.91 Å². The summed E-state index contributed by atoms with van der Waals surface area (Å²) in [4.78, 5) is 31.1. The molecule has 4 heterocycles. The van der Waals surface area contributed by atoms with Crippen LogP contribution in [0.2, 0.25) is 0 Å². The van der Waals surface area contributed by atoms with Gasteiger partial charge in [0, 0.05) is 30.0 Å². The maximum Gasteiger partial charge on any atom is 0.239 e. The van der Waals surface area contributed by atoms with Gasteiger partial charge in [0.05, 0.1) is 12.2 Å². The number of nitrogens with one attached hydrogen (secondary N) is 1. The number of amides is 1. The van der Waals surface area contributed by atoms with Crippen molar-refractivity contribution in [3.63, 3.8) is 0 Å². The first kappa shape index (κ1) is 23.0. The van der Waals surface area contributed by atoms with E-state index >= 15 is 0 Å². The molecule has 1 amide bonds. The van der Waals surface area contributed by atoms with Crippen molar-refractivity contribution in [2.45, 2.75) is 45.7 Å². The summed E-state index contributed by atoms with van der Waals surface area (Å²) in [6.45, 7) is 7.35. The number of nitrogens with zero attached hydrogens (tertiary/aromatic N) is 7. The smallest absolute Gasteiger partial charge is 0.239 e. The average Bonchev–Trinajstić information content (AvgIpc) is 3.13. The number of carbonyl (C=O) groups excluding carboxylic acids is 1. The first-order valence-electron chi connectivity index (χ1n) is 11.4. The molecule has 0 saturated carbocycles. The number of aryl methyl sites for hydroxylation is 2. The Hall–Kier alpha value is -3.17. The molecule has 174 valence electrons. The van der Waals surface area contributed by atoms with Gasteiger partial charge in [0.15, 0.2) is 11.6 Å². The van der Waals surface area contributed by atoms with Gasteiger partial charge in [0.25, 0.3) is 0 Å². The molecule has 0 bridgehead atoms. The molecule has 9 heteroatoms. The van der Waals surface area contributed by atoms with E-state index in [4.69, 9.17) is 0 Å². The Morgan fingerprint density at radius 2 is 2.03 bits per heavy atom. The molecule has 2 atom stereocenters. The van der Waals surface area contributed by atoms with Gasteiger partial charge in [-0.1, -0.05) is 6.07 Å². The Kier molecular flexibility index (Phi) is 6.80. The third-order valence-electron chi connectivity index (χ3n) is 6.19. The van der Waals surface area contributed by atoms with E-state index in [1.165, 1.54) is 0 Å². The van der Waals surface area contributed by atoms with Crippen LogP contribution in [-0.2, 0) is 4.79 Å².